The standard InChI is InChI=1S/C88H128N14O19/c1-6-7-8-9-10-11-12-13-14-15-25-36-72(106)100-75-77(109)76(108)70(53-103)121-88(75)120-46-44-91-73(107)52-67-83(115)92-62(41-42-71(90)105)79(111)95-66(50-59-37-39-60(104)40-38-59)84(116)101-74(55(4)5)86(118)93-61(34-26-43-89)78(110)94-63(47-54(2)3)80(112)99-68(51-58-32-23-18-24-33-58)87(119)102-45-27-35-69(102)85(117)98-65(49-57-30-21-17-22-31-57)82(114)96-64(81(113)97-67)48-56-28-19-16-20-29-56/h16-24,28-33,37-40,54-55,61-70,74-77,88,103-104,108-109H,6-15,25-27,34-36,41-53,89H2,1-5H3,(H2,90,105)(H,91,107)(H,92,115)(H,93,118)(H,94,110)(H,95,111)(H,96,114)(H,97,113)(H,98,117)(H,99,112)(H,100,106)(H,101,116). The van der Waals surface area contributed by atoms with Crippen LogP contribution in [0.15, 0.2) is 115 Å². The lowest BCUT2D eigenvalue weighted by Gasteiger charge is -2.42. The molecule has 33 heteroatoms. The quantitative estimate of drug-likeness (QED) is 0.0287. The lowest BCUT2D eigenvalue weighted by Crippen LogP contribution is -2.64. The van der Waals surface area contributed by atoms with E-state index >= 15 is 33.6 Å². The summed E-state index contributed by atoms with van der Waals surface area (Å²) in [5, 5.41) is 72.5. The van der Waals surface area contributed by atoms with Crippen LogP contribution in [-0.4, -0.2) is 226 Å². The van der Waals surface area contributed by atoms with Crippen molar-refractivity contribution in [2.45, 2.75) is 280 Å². The molecule has 664 valence electrons. The van der Waals surface area contributed by atoms with E-state index < -0.39 is 213 Å². The predicted molar refractivity (Wildman–Crippen MR) is 450 cm³/mol. The van der Waals surface area contributed by atoms with E-state index in [4.69, 9.17) is 20.9 Å². The van der Waals surface area contributed by atoms with Crippen molar-refractivity contribution >= 4 is 76.8 Å². The molecule has 13 amide bonds. The molecule has 3 aliphatic rings. The molecule has 121 heavy (non-hydrogen) atoms. The zero-order valence-electron chi connectivity index (χ0n) is 70.3. The molecule has 7 rings (SSSR count). The van der Waals surface area contributed by atoms with Crippen molar-refractivity contribution in [3.63, 3.8) is 0 Å². The monoisotopic (exact) mass is 1680 g/mol. The summed E-state index contributed by atoms with van der Waals surface area (Å²) in [6.07, 6.45) is 3.02. The summed E-state index contributed by atoms with van der Waals surface area (Å²) in [5.41, 5.74) is 13.7. The first kappa shape index (κ1) is 97.7. The smallest absolute Gasteiger partial charge is 0.246 e. The van der Waals surface area contributed by atoms with Gasteiger partial charge in [0.05, 0.1) is 19.6 Å². The number of benzene rings is 4. The Balaban J connectivity index is 1.26. The minimum atomic E-state index is -2.00. The molecule has 0 radical (unpaired) electrons. The number of nitrogens with one attached hydrogen (secondary N) is 11. The molecule has 15 atom stereocenters. The van der Waals surface area contributed by atoms with Gasteiger partial charge in [0.2, 0.25) is 76.8 Å². The number of phenolic OH excluding ortho intramolecular Hbond substituents is 1. The highest BCUT2D eigenvalue weighted by molar-refractivity contribution is 6.01. The van der Waals surface area contributed by atoms with Crippen LogP contribution < -0.4 is 70.0 Å². The molecule has 15 unspecified atom stereocenters. The van der Waals surface area contributed by atoms with Gasteiger partial charge < -0.3 is 105 Å². The number of aliphatic hydroxyl groups excluding tert-OH is 3. The summed E-state index contributed by atoms with van der Waals surface area (Å²) < 4.78 is 11.8. The third-order valence-corrected chi connectivity index (χ3v) is 21.8. The van der Waals surface area contributed by atoms with Crippen LogP contribution in [0, 0.1) is 11.8 Å². The molecule has 0 aliphatic carbocycles. The van der Waals surface area contributed by atoms with Gasteiger partial charge in [0.15, 0.2) is 6.29 Å². The van der Waals surface area contributed by atoms with Gasteiger partial charge in [-0.05, 0) is 97.7 Å². The number of fused-ring (bicyclic) bond motifs is 1. The van der Waals surface area contributed by atoms with Crippen molar-refractivity contribution in [3.8, 4) is 5.75 Å². The Hall–Kier alpha value is -10.4. The third-order valence-electron chi connectivity index (χ3n) is 21.8. The van der Waals surface area contributed by atoms with Crippen LogP contribution >= 0.6 is 0 Å². The maximum Gasteiger partial charge on any atom is 0.246 e. The van der Waals surface area contributed by atoms with Crippen LogP contribution in [-0.2, 0) is 97.5 Å². The number of unbranched alkanes of at least 4 members (excludes halogenated alkanes) is 10. The van der Waals surface area contributed by atoms with Gasteiger partial charge in [-0.1, -0.05) is 202 Å². The van der Waals surface area contributed by atoms with Crippen molar-refractivity contribution in [1.82, 2.24) is 63.4 Å². The number of nitrogens with two attached hydrogens (primary N) is 2. The molecule has 0 aromatic heterocycles. The van der Waals surface area contributed by atoms with Gasteiger partial charge in [-0.2, -0.15) is 0 Å². The van der Waals surface area contributed by atoms with E-state index in [1.165, 1.54) is 61.3 Å². The third kappa shape index (κ3) is 32.8. The summed E-state index contributed by atoms with van der Waals surface area (Å²) in [6.45, 7) is 7.53. The van der Waals surface area contributed by atoms with Gasteiger partial charge in [0, 0.05) is 51.6 Å². The zero-order valence-corrected chi connectivity index (χ0v) is 70.3. The molecule has 19 N–H and O–H groups in total. The average molecular weight is 1690 g/mol. The number of hydrogen-bond donors (Lipinski definition) is 17. The second-order valence-electron chi connectivity index (χ2n) is 32.4. The van der Waals surface area contributed by atoms with Crippen molar-refractivity contribution in [3.05, 3.63) is 138 Å². The molecule has 0 saturated carbocycles. The van der Waals surface area contributed by atoms with E-state index in [1.807, 2.05) is 13.8 Å². The van der Waals surface area contributed by atoms with Gasteiger partial charge in [-0.3, -0.25) is 62.3 Å². The highest BCUT2D eigenvalue weighted by Crippen LogP contribution is 2.26. The number of aliphatic hydroxyl groups is 3. The molecule has 3 aliphatic heterocycles. The second kappa shape index (κ2) is 51.3. The number of carbonyl (C=O) groups excluding carboxylic acids is 13. The number of amides is 13. The van der Waals surface area contributed by atoms with Crippen LogP contribution in [0.2, 0.25) is 0 Å². The normalized spacial score (nSPS) is 24.8. The Morgan fingerprint density at radius 2 is 0.959 bits per heavy atom. The highest BCUT2D eigenvalue weighted by atomic mass is 16.7. The Bertz CT molecular complexity index is 3980. The topological polar surface area (TPSA) is 509 Å². The zero-order chi connectivity index (χ0) is 87.9. The second-order valence-corrected chi connectivity index (χ2v) is 32.4. The van der Waals surface area contributed by atoms with Crippen molar-refractivity contribution in [2.24, 2.45) is 23.3 Å². The van der Waals surface area contributed by atoms with Gasteiger partial charge in [0.1, 0.15) is 90.5 Å². The first-order valence-electron chi connectivity index (χ1n) is 42.8. The summed E-state index contributed by atoms with van der Waals surface area (Å²) in [5.74, 6) is -12.8. The van der Waals surface area contributed by atoms with Gasteiger partial charge in [0.25, 0.3) is 0 Å². The Morgan fingerprint density at radius 1 is 0.512 bits per heavy atom. The predicted octanol–water partition coefficient (Wildman–Crippen LogP) is 1.88. The van der Waals surface area contributed by atoms with Gasteiger partial charge >= 0.3 is 0 Å². The molecule has 4 aromatic carbocycles. The number of aromatic hydroxyl groups is 1. The van der Waals surface area contributed by atoms with E-state index in [1.54, 1.807) is 105 Å². The minimum Gasteiger partial charge on any atom is -0.508 e. The van der Waals surface area contributed by atoms with Crippen LogP contribution in [0.1, 0.15) is 185 Å². The van der Waals surface area contributed by atoms with Gasteiger partial charge in [-0.15, -0.1) is 0 Å². The number of ether oxygens (including phenoxy) is 2. The number of nitrogens with zero attached hydrogens (tertiary/aromatic N) is 1. The van der Waals surface area contributed by atoms with Gasteiger partial charge in [-0.25, -0.2) is 0 Å². The van der Waals surface area contributed by atoms with E-state index in [9.17, 15) is 49.2 Å². The summed E-state index contributed by atoms with van der Waals surface area (Å²) >= 11 is 0. The molecule has 3 saturated heterocycles. The Kier molecular flexibility index (Phi) is 41.4. The molecule has 0 bridgehead atoms. The van der Waals surface area contributed by atoms with E-state index in [0.29, 0.717) is 35.1 Å². The lowest BCUT2D eigenvalue weighted by atomic mass is 9.96. The van der Waals surface area contributed by atoms with Crippen molar-refractivity contribution in [2.75, 3.05) is 32.8 Å². The molecule has 33 nitrogen and oxygen atoms in total. The first-order chi connectivity index (χ1) is 58.0. The number of rotatable bonds is 37. The summed E-state index contributed by atoms with van der Waals surface area (Å²) in [6, 6.07) is 14.5. The average Bonchev–Trinajstić information content (AvgIpc) is 1.58. The number of hydrogen-bond acceptors (Lipinski definition) is 20. The lowest BCUT2D eigenvalue weighted by molar-refractivity contribution is -0.269. The van der Waals surface area contributed by atoms with E-state index in [0.717, 1.165) is 32.1 Å². The van der Waals surface area contributed by atoms with Crippen molar-refractivity contribution < 1.29 is 92.2 Å². The molecular weight excluding hydrogens is 1560 g/mol. The van der Waals surface area contributed by atoms with E-state index in [-0.39, 0.29) is 82.5 Å². The number of carbonyl (C=O) groups is 13. The summed E-state index contributed by atoms with van der Waals surface area (Å²) in [4.78, 5) is 193. The summed E-state index contributed by atoms with van der Waals surface area (Å²) in [7, 11) is 0. The Morgan fingerprint density at radius 3 is 1.48 bits per heavy atom. The largest absolute Gasteiger partial charge is 0.508 e. The Labute approximate surface area is 708 Å². The number of primary amides is 1. The van der Waals surface area contributed by atoms with Crippen LogP contribution in [0.25, 0.3) is 0 Å². The molecular formula is C88H128N14O19. The fraction of sp³-hybridized carbons (Fsp3) is 0.580. The minimum absolute atomic E-state index is 0.0355. The highest BCUT2D eigenvalue weighted by Gasteiger charge is 2.47. The molecule has 3 heterocycles. The molecule has 4 aromatic rings. The first-order valence-corrected chi connectivity index (χ1v) is 42.8. The maximum absolute atomic E-state index is 15.5. The van der Waals surface area contributed by atoms with Crippen LogP contribution in [0.3, 0.4) is 0 Å². The fourth-order valence-corrected chi connectivity index (χ4v) is 15.0. The molecule has 0 spiro atoms. The van der Waals surface area contributed by atoms with E-state index in [2.05, 4.69) is 65.4 Å². The van der Waals surface area contributed by atoms with Crippen LogP contribution in [0.5, 0.6) is 5.75 Å². The molecule has 3 fully saturated rings. The number of phenols is 1. The maximum atomic E-state index is 15.5. The van der Waals surface area contributed by atoms with Crippen LogP contribution in [0.4, 0.5) is 0 Å². The fourth-order valence-electron chi connectivity index (χ4n) is 15.0. The van der Waals surface area contributed by atoms with Crippen molar-refractivity contribution in [1.29, 1.82) is 0 Å². The SMILES string of the molecule is CCCCCCCCCCCCCC(=O)NC1C(OCCNC(=O)CC2NC(=O)C(Cc3ccccc3)NC(=O)C(Cc3ccccc3)NC(=O)C3CCCN3C(=O)C(Cc3ccccc3)NC(=O)C(CC(C)C)NC(=O)C(CCCN)NC(=O)C(C(C)C)NC(=O)C(Cc3ccc(O)cc3)NC(=O)C(CCC(N)=O)NC2=O)OC(CO)C(O)C1O.